The molecule has 0 aromatic rings. The third kappa shape index (κ3) is 4.94. The fourth-order valence-corrected chi connectivity index (χ4v) is 1.71. The Hall–Kier alpha value is 0.110. The molecular formula is C7H12OS2. The molecule has 0 aromatic carbocycles. The molecule has 0 amide bonds. The smallest absolute Gasteiger partial charge is 0.152 e. The lowest BCUT2D eigenvalue weighted by Crippen LogP contribution is -1.90. The van der Waals surface area contributed by atoms with Gasteiger partial charge in [-0.1, -0.05) is 6.08 Å². The van der Waals surface area contributed by atoms with Crippen LogP contribution < -0.4 is 0 Å². The van der Waals surface area contributed by atoms with Crippen molar-refractivity contribution in [1.82, 2.24) is 0 Å². The number of carbonyl (C=O) groups excluding carboxylic acids is 1. The Morgan fingerprint density at radius 2 is 1.90 bits per heavy atom. The molecule has 0 saturated heterocycles. The van der Waals surface area contributed by atoms with Gasteiger partial charge < -0.3 is 0 Å². The van der Waals surface area contributed by atoms with E-state index in [4.69, 9.17) is 0 Å². The predicted molar refractivity (Wildman–Crippen MR) is 50.6 cm³/mol. The summed E-state index contributed by atoms with van der Waals surface area (Å²) in [6.07, 6.45) is 7.62. The minimum Gasteiger partial charge on any atom is -0.295 e. The molecule has 0 aliphatic carbocycles. The molecule has 0 spiro atoms. The average Bonchev–Trinajstić information content (AvgIpc) is 1.90. The Bertz CT molecular complexity index is 128. The summed E-state index contributed by atoms with van der Waals surface area (Å²) in [5.74, 6) is 0.119. The van der Waals surface area contributed by atoms with Gasteiger partial charge in [0, 0.05) is 0 Å². The number of hydrogen-bond donors (Lipinski definition) is 0. The number of rotatable bonds is 4. The molecule has 0 N–H and O–H groups in total. The van der Waals surface area contributed by atoms with Crippen molar-refractivity contribution >= 4 is 29.3 Å². The first-order valence-electron chi connectivity index (χ1n) is 2.95. The monoisotopic (exact) mass is 176 g/mol. The van der Waals surface area contributed by atoms with E-state index in [9.17, 15) is 4.79 Å². The zero-order chi connectivity index (χ0) is 7.98. The van der Waals surface area contributed by atoms with Crippen molar-refractivity contribution < 1.29 is 4.79 Å². The van der Waals surface area contributed by atoms with Crippen molar-refractivity contribution in [2.45, 2.75) is 11.5 Å². The molecular weight excluding hydrogens is 164 g/mol. The topological polar surface area (TPSA) is 17.1 Å². The second-order valence-corrected chi connectivity index (χ2v) is 4.07. The van der Waals surface area contributed by atoms with E-state index >= 15 is 0 Å². The molecule has 0 unspecified atom stereocenters. The molecule has 0 bridgehead atoms. The molecule has 0 radical (unpaired) electrons. The van der Waals surface area contributed by atoms with Gasteiger partial charge in [0.25, 0.3) is 0 Å². The van der Waals surface area contributed by atoms with E-state index in [0.29, 0.717) is 4.58 Å². The molecule has 0 aromatic heterocycles. The van der Waals surface area contributed by atoms with E-state index in [2.05, 4.69) is 0 Å². The van der Waals surface area contributed by atoms with Gasteiger partial charge in [-0.05, 0) is 25.5 Å². The fourth-order valence-electron chi connectivity index (χ4n) is 0.467. The van der Waals surface area contributed by atoms with Crippen LogP contribution in [0.1, 0.15) is 6.92 Å². The SMILES string of the molecule is CSC(/C=C\C(C)=O)SC. The molecule has 0 rings (SSSR count). The quantitative estimate of drug-likeness (QED) is 0.483. The summed E-state index contributed by atoms with van der Waals surface area (Å²) in [5.41, 5.74) is 0. The van der Waals surface area contributed by atoms with E-state index in [1.54, 1.807) is 36.5 Å². The van der Waals surface area contributed by atoms with Crippen molar-refractivity contribution in [2.75, 3.05) is 12.5 Å². The summed E-state index contributed by atoms with van der Waals surface area (Å²) in [7, 11) is 0. The number of carbonyl (C=O) groups is 1. The largest absolute Gasteiger partial charge is 0.295 e. The first kappa shape index (κ1) is 10.1. The zero-order valence-electron chi connectivity index (χ0n) is 6.46. The first-order valence-corrected chi connectivity index (χ1v) is 5.52. The second-order valence-electron chi connectivity index (χ2n) is 1.81. The average molecular weight is 176 g/mol. The molecule has 3 heteroatoms. The van der Waals surface area contributed by atoms with Crippen LogP contribution in [0.25, 0.3) is 0 Å². The summed E-state index contributed by atoms with van der Waals surface area (Å²) < 4.78 is 0.420. The molecule has 0 fully saturated rings. The number of ketones is 1. The van der Waals surface area contributed by atoms with Gasteiger partial charge in [-0.15, -0.1) is 23.5 Å². The second kappa shape index (κ2) is 5.86. The van der Waals surface area contributed by atoms with Gasteiger partial charge >= 0.3 is 0 Å². The van der Waals surface area contributed by atoms with Crippen LogP contribution in [0.3, 0.4) is 0 Å². The van der Waals surface area contributed by atoms with Crippen molar-refractivity contribution in [2.24, 2.45) is 0 Å². The van der Waals surface area contributed by atoms with Gasteiger partial charge in [0.2, 0.25) is 0 Å². The van der Waals surface area contributed by atoms with Crippen LogP contribution >= 0.6 is 23.5 Å². The van der Waals surface area contributed by atoms with Crippen molar-refractivity contribution in [3.8, 4) is 0 Å². The highest BCUT2D eigenvalue weighted by atomic mass is 32.2. The molecule has 0 heterocycles. The first-order chi connectivity index (χ1) is 4.70. The van der Waals surface area contributed by atoms with E-state index in [1.165, 1.54) is 0 Å². The van der Waals surface area contributed by atoms with Crippen LogP contribution in [0.15, 0.2) is 12.2 Å². The zero-order valence-corrected chi connectivity index (χ0v) is 8.09. The van der Waals surface area contributed by atoms with Crippen LogP contribution in [0.5, 0.6) is 0 Å². The maximum absolute atomic E-state index is 10.5. The van der Waals surface area contributed by atoms with E-state index in [1.807, 2.05) is 18.6 Å². The van der Waals surface area contributed by atoms with Crippen LogP contribution in [-0.2, 0) is 4.79 Å². The highest BCUT2D eigenvalue weighted by molar-refractivity contribution is 8.16. The van der Waals surface area contributed by atoms with Gasteiger partial charge in [-0.25, -0.2) is 0 Å². The summed E-state index contributed by atoms with van der Waals surface area (Å²) in [6, 6.07) is 0. The molecule has 0 aliphatic rings. The summed E-state index contributed by atoms with van der Waals surface area (Å²) >= 11 is 3.47. The van der Waals surface area contributed by atoms with Gasteiger partial charge in [0.1, 0.15) is 0 Å². The molecule has 0 atom stereocenters. The lowest BCUT2D eigenvalue weighted by molar-refractivity contribution is -0.112. The van der Waals surface area contributed by atoms with Crippen molar-refractivity contribution in [1.29, 1.82) is 0 Å². The molecule has 0 saturated carbocycles. The fraction of sp³-hybridized carbons (Fsp3) is 0.571. The summed E-state index contributed by atoms with van der Waals surface area (Å²) in [6.45, 7) is 1.56. The van der Waals surface area contributed by atoms with E-state index in [-0.39, 0.29) is 5.78 Å². The normalized spacial score (nSPS) is 11.2. The predicted octanol–water partition coefficient (Wildman–Crippen LogP) is 2.18. The van der Waals surface area contributed by atoms with E-state index < -0.39 is 0 Å². The highest BCUT2D eigenvalue weighted by Gasteiger charge is 1.97. The van der Waals surface area contributed by atoms with Crippen LogP contribution in [0, 0.1) is 0 Å². The van der Waals surface area contributed by atoms with Crippen LogP contribution in [-0.4, -0.2) is 22.9 Å². The lowest BCUT2D eigenvalue weighted by atomic mass is 10.4. The van der Waals surface area contributed by atoms with E-state index in [0.717, 1.165) is 0 Å². The Morgan fingerprint density at radius 1 is 1.40 bits per heavy atom. The number of thioether (sulfide) groups is 2. The molecule has 58 valence electrons. The van der Waals surface area contributed by atoms with Gasteiger partial charge in [0.05, 0.1) is 4.58 Å². The summed E-state index contributed by atoms with van der Waals surface area (Å²) in [5, 5.41) is 0. The Kier molecular flexibility index (Phi) is 5.93. The van der Waals surface area contributed by atoms with Crippen molar-refractivity contribution in [3.05, 3.63) is 12.2 Å². The van der Waals surface area contributed by atoms with Crippen molar-refractivity contribution in [3.63, 3.8) is 0 Å². The lowest BCUT2D eigenvalue weighted by Gasteiger charge is -2.02. The molecule has 10 heavy (non-hydrogen) atoms. The van der Waals surface area contributed by atoms with Crippen LogP contribution in [0.2, 0.25) is 0 Å². The Balaban J connectivity index is 3.72. The van der Waals surface area contributed by atoms with Crippen LogP contribution in [0.4, 0.5) is 0 Å². The van der Waals surface area contributed by atoms with Gasteiger partial charge in [-0.2, -0.15) is 0 Å². The van der Waals surface area contributed by atoms with Gasteiger partial charge in [0.15, 0.2) is 5.78 Å². The Labute approximate surface area is 70.6 Å². The number of allylic oxidation sites excluding steroid dienone is 1. The summed E-state index contributed by atoms with van der Waals surface area (Å²) in [4.78, 5) is 10.5. The number of hydrogen-bond acceptors (Lipinski definition) is 3. The van der Waals surface area contributed by atoms with Gasteiger partial charge in [-0.3, -0.25) is 4.79 Å². The third-order valence-electron chi connectivity index (χ3n) is 0.953. The maximum Gasteiger partial charge on any atom is 0.152 e. The minimum absolute atomic E-state index is 0.119. The third-order valence-corrected chi connectivity index (χ3v) is 3.35. The minimum atomic E-state index is 0.119. The Morgan fingerprint density at radius 3 is 2.20 bits per heavy atom. The molecule has 1 nitrogen and oxygen atoms in total. The standard InChI is InChI=1S/C7H12OS2/c1-6(8)4-5-7(9-2)10-3/h4-5,7H,1-3H3/b5-4-. The highest BCUT2D eigenvalue weighted by Crippen LogP contribution is 2.19. The molecule has 0 aliphatic heterocycles. The maximum atomic E-state index is 10.5.